The van der Waals surface area contributed by atoms with Crippen LogP contribution in [0.25, 0.3) is 0 Å². The van der Waals surface area contributed by atoms with Crippen LogP contribution in [-0.2, 0) is 6.54 Å². The van der Waals surface area contributed by atoms with Gasteiger partial charge in [0, 0.05) is 26.2 Å². The second-order valence-electron chi connectivity index (χ2n) is 8.78. The van der Waals surface area contributed by atoms with Gasteiger partial charge in [-0.1, -0.05) is 24.3 Å². The molecule has 2 amide bonds. The first-order valence-corrected chi connectivity index (χ1v) is 11.6. The normalized spacial score (nSPS) is 21.5. The third-order valence-electron chi connectivity index (χ3n) is 6.25. The number of likely N-dealkylation sites (tertiary alicyclic amines) is 1. The van der Waals surface area contributed by atoms with E-state index in [1.807, 2.05) is 12.1 Å². The number of amides is 2. The predicted octanol–water partition coefficient (Wildman–Crippen LogP) is 3.03. The molecule has 0 aliphatic carbocycles. The molecule has 7 nitrogen and oxygen atoms in total. The average molecular weight is 458 g/mol. The van der Waals surface area contributed by atoms with Crippen LogP contribution in [0, 0.1) is 5.82 Å². The molecule has 2 aliphatic heterocycles. The lowest BCUT2D eigenvalue weighted by Crippen LogP contribution is -2.37. The molecule has 2 aromatic rings. The molecule has 178 valence electrons. The molecular formula is C25H32FN3O4. The van der Waals surface area contributed by atoms with E-state index in [2.05, 4.69) is 22.3 Å². The van der Waals surface area contributed by atoms with Crippen LogP contribution < -0.4 is 14.8 Å². The fraction of sp³-hybridized carbons (Fsp3) is 0.480. The molecule has 2 aliphatic rings. The maximum Gasteiger partial charge on any atom is 0.317 e. The Morgan fingerprint density at radius 1 is 1.03 bits per heavy atom. The number of halogens is 1. The van der Waals surface area contributed by atoms with Crippen molar-refractivity contribution in [2.75, 3.05) is 45.9 Å². The molecule has 0 radical (unpaired) electrons. The fourth-order valence-corrected chi connectivity index (χ4v) is 4.26. The Labute approximate surface area is 194 Å². The lowest BCUT2D eigenvalue weighted by atomic mass is 9.96. The summed E-state index contributed by atoms with van der Waals surface area (Å²) in [5.41, 5.74) is 0.218. The minimum atomic E-state index is -0.957. The van der Waals surface area contributed by atoms with Gasteiger partial charge in [-0.2, -0.15) is 0 Å². The highest BCUT2D eigenvalue weighted by Crippen LogP contribution is 2.26. The van der Waals surface area contributed by atoms with Crippen molar-refractivity contribution < 1.29 is 23.8 Å². The number of hydrogen-bond acceptors (Lipinski definition) is 5. The molecule has 0 unspecified atom stereocenters. The monoisotopic (exact) mass is 457 g/mol. The molecule has 2 fully saturated rings. The van der Waals surface area contributed by atoms with Crippen LogP contribution >= 0.6 is 0 Å². The van der Waals surface area contributed by atoms with Crippen LogP contribution in [0.4, 0.5) is 9.18 Å². The fourth-order valence-electron chi connectivity index (χ4n) is 4.26. The van der Waals surface area contributed by atoms with Gasteiger partial charge in [0.2, 0.25) is 0 Å². The minimum absolute atomic E-state index is 0.0305. The zero-order chi connectivity index (χ0) is 23.1. The Morgan fingerprint density at radius 2 is 1.85 bits per heavy atom. The van der Waals surface area contributed by atoms with E-state index in [0.717, 1.165) is 38.3 Å². The lowest BCUT2D eigenvalue weighted by molar-refractivity contribution is -0.0177. The minimum Gasteiger partial charge on any atom is -0.492 e. The summed E-state index contributed by atoms with van der Waals surface area (Å²) in [5.74, 6) is 0.553. The topological polar surface area (TPSA) is 74.3 Å². The van der Waals surface area contributed by atoms with Gasteiger partial charge in [0.25, 0.3) is 0 Å². The molecule has 8 heteroatoms. The second-order valence-corrected chi connectivity index (χ2v) is 8.78. The Balaban J connectivity index is 1.21. The SMILES string of the molecule is O=C1NCCN1CCOc1ccc(CN2CCC[C@@](O)(COc3ccccc3F)CC2)cc1. The molecule has 0 spiro atoms. The highest BCUT2D eigenvalue weighted by molar-refractivity contribution is 5.76. The van der Waals surface area contributed by atoms with Crippen molar-refractivity contribution in [2.24, 2.45) is 0 Å². The summed E-state index contributed by atoms with van der Waals surface area (Å²) in [4.78, 5) is 15.6. The molecule has 2 heterocycles. The molecule has 1 atom stereocenters. The van der Waals surface area contributed by atoms with Gasteiger partial charge in [-0.3, -0.25) is 4.90 Å². The Hall–Kier alpha value is -2.84. The van der Waals surface area contributed by atoms with Crippen molar-refractivity contribution in [3.63, 3.8) is 0 Å². The van der Waals surface area contributed by atoms with Gasteiger partial charge >= 0.3 is 6.03 Å². The number of carbonyl (C=O) groups excluding carboxylic acids is 1. The quantitative estimate of drug-likeness (QED) is 0.606. The van der Waals surface area contributed by atoms with E-state index in [0.29, 0.717) is 32.5 Å². The average Bonchev–Trinajstić information content (AvgIpc) is 3.13. The molecule has 0 saturated carbocycles. The highest BCUT2D eigenvalue weighted by Gasteiger charge is 2.31. The molecular weight excluding hydrogens is 425 g/mol. The summed E-state index contributed by atoms with van der Waals surface area (Å²) >= 11 is 0. The van der Waals surface area contributed by atoms with Gasteiger partial charge in [0.1, 0.15) is 19.0 Å². The summed E-state index contributed by atoms with van der Waals surface area (Å²) in [6.45, 7) is 4.97. The van der Waals surface area contributed by atoms with Crippen LogP contribution in [-0.4, -0.2) is 72.5 Å². The maximum atomic E-state index is 13.8. The van der Waals surface area contributed by atoms with Crippen molar-refractivity contribution >= 4 is 6.03 Å². The zero-order valence-corrected chi connectivity index (χ0v) is 18.8. The third-order valence-corrected chi connectivity index (χ3v) is 6.25. The van der Waals surface area contributed by atoms with E-state index >= 15 is 0 Å². The molecule has 33 heavy (non-hydrogen) atoms. The van der Waals surface area contributed by atoms with Crippen LogP contribution in [0.3, 0.4) is 0 Å². The van der Waals surface area contributed by atoms with E-state index in [1.165, 1.54) is 11.6 Å². The Bertz CT molecular complexity index is 926. The van der Waals surface area contributed by atoms with Gasteiger partial charge in [0.15, 0.2) is 11.6 Å². The van der Waals surface area contributed by atoms with Crippen LogP contribution in [0.5, 0.6) is 11.5 Å². The smallest absolute Gasteiger partial charge is 0.317 e. The van der Waals surface area contributed by atoms with Crippen LogP contribution in [0.15, 0.2) is 48.5 Å². The van der Waals surface area contributed by atoms with Crippen LogP contribution in [0.1, 0.15) is 24.8 Å². The van der Waals surface area contributed by atoms with Crippen molar-refractivity contribution in [3.05, 3.63) is 59.9 Å². The first-order chi connectivity index (χ1) is 16.0. The third kappa shape index (κ3) is 6.58. The number of hydrogen-bond donors (Lipinski definition) is 2. The summed E-state index contributed by atoms with van der Waals surface area (Å²) in [6.07, 6.45) is 2.05. The van der Waals surface area contributed by atoms with E-state index < -0.39 is 11.4 Å². The Morgan fingerprint density at radius 3 is 2.61 bits per heavy atom. The van der Waals surface area contributed by atoms with Crippen LogP contribution in [0.2, 0.25) is 0 Å². The second kappa shape index (κ2) is 10.9. The number of rotatable bonds is 9. The summed E-state index contributed by atoms with van der Waals surface area (Å²) in [7, 11) is 0. The number of benzene rings is 2. The Kier molecular flexibility index (Phi) is 7.67. The lowest BCUT2D eigenvalue weighted by Gasteiger charge is -2.27. The van der Waals surface area contributed by atoms with E-state index in [-0.39, 0.29) is 18.4 Å². The molecule has 4 rings (SSSR count). The van der Waals surface area contributed by atoms with Crippen molar-refractivity contribution in [2.45, 2.75) is 31.4 Å². The number of para-hydroxylation sites is 1. The largest absolute Gasteiger partial charge is 0.492 e. The number of ether oxygens (including phenoxy) is 2. The van der Waals surface area contributed by atoms with E-state index in [1.54, 1.807) is 23.1 Å². The van der Waals surface area contributed by atoms with Gasteiger partial charge in [-0.25, -0.2) is 9.18 Å². The number of urea groups is 1. The summed E-state index contributed by atoms with van der Waals surface area (Å²) in [5, 5.41) is 13.8. The van der Waals surface area contributed by atoms with Crippen molar-refractivity contribution in [1.29, 1.82) is 0 Å². The van der Waals surface area contributed by atoms with Crippen molar-refractivity contribution in [1.82, 2.24) is 15.1 Å². The number of aliphatic hydroxyl groups is 1. The maximum absolute atomic E-state index is 13.8. The molecule has 0 aromatic heterocycles. The first-order valence-electron chi connectivity index (χ1n) is 11.6. The molecule has 2 saturated heterocycles. The number of carbonyl (C=O) groups is 1. The number of nitrogens with zero attached hydrogens (tertiary/aromatic N) is 2. The van der Waals surface area contributed by atoms with Gasteiger partial charge < -0.3 is 24.8 Å². The van der Waals surface area contributed by atoms with E-state index in [9.17, 15) is 14.3 Å². The standard InChI is InChI=1S/C25H32FN3O4/c26-22-4-1-2-5-23(22)33-19-25(31)10-3-13-28(14-11-25)18-20-6-8-21(9-7-20)32-17-16-29-15-12-27-24(29)30/h1-2,4-9,31H,3,10-19H2,(H,27,30)/t25-/m0/s1. The number of nitrogens with one attached hydrogen (secondary N) is 1. The molecule has 2 aromatic carbocycles. The first kappa shape index (κ1) is 23.3. The molecule has 2 N–H and O–H groups in total. The predicted molar refractivity (Wildman–Crippen MR) is 123 cm³/mol. The highest BCUT2D eigenvalue weighted by atomic mass is 19.1. The van der Waals surface area contributed by atoms with Gasteiger partial charge in [-0.15, -0.1) is 0 Å². The van der Waals surface area contributed by atoms with Gasteiger partial charge in [0.05, 0.1) is 12.1 Å². The summed E-state index contributed by atoms with van der Waals surface area (Å²) in [6, 6.07) is 14.3. The van der Waals surface area contributed by atoms with Gasteiger partial charge in [-0.05, 0) is 55.6 Å². The van der Waals surface area contributed by atoms with Crippen molar-refractivity contribution in [3.8, 4) is 11.5 Å². The van der Waals surface area contributed by atoms with E-state index in [4.69, 9.17) is 9.47 Å². The zero-order valence-electron chi connectivity index (χ0n) is 18.8. The molecule has 0 bridgehead atoms. The summed E-state index contributed by atoms with van der Waals surface area (Å²) < 4.78 is 25.2.